The Morgan fingerprint density at radius 2 is 1.32 bits per heavy atom. The van der Waals surface area contributed by atoms with Gasteiger partial charge in [0.05, 0.1) is 0 Å². The van der Waals surface area contributed by atoms with Crippen molar-refractivity contribution in [2.24, 2.45) is 0 Å². The summed E-state index contributed by atoms with van der Waals surface area (Å²) in [6.45, 7) is 3.56. The summed E-state index contributed by atoms with van der Waals surface area (Å²) in [4.78, 5) is 0. The standard InChI is InChI=1S/C18H37N/c1-2-3-4-5-6-7-8-9-10-11-12-15-18-16-13-14-17-19-18/h18-19H,2-17H2,1H3/t18-/m1/s1. The van der Waals surface area contributed by atoms with E-state index in [1.807, 2.05) is 0 Å². The third-order valence-electron chi connectivity index (χ3n) is 4.57. The second-order valence-corrected chi connectivity index (χ2v) is 6.47. The van der Waals surface area contributed by atoms with Crippen molar-refractivity contribution in [2.75, 3.05) is 6.54 Å². The lowest BCUT2D eigenvalue weighted by Gasteiger charge is -2.23. The van der Waals surface area contributed by atoms with Crippen LogP contribution in [0.15, 0.2) is 0 Å². The van der Waals surface area contributed by atoms with Gasteiger partial charge in [-0.3, -0.25) is 0 Å². The number of hydrogen-bond acceptors (Lipinski definition) is 1. The fourth-order valence-corrected chi connectivity index (χ4v) is 3.23. The first-order valence-electron chi connectivity index (χ1n) is 9.17. The van der Waals surface area contributed by atoms with E-state index in [-0.39, 0.29) is 0 Å². The molecule has 0 spiro atoms. The van der Waals surface area contributed by atoms with Crippen molar-refractivity contribution in [1.29, 1.82) is 0 Å². The molecule has 0 amide bonds. The minimum atomic E-state index is 0.854. The zero-order valence-corrected chi connectivity index (χ0v) is 13.4. The van der Waals surface area contributed by atoms with Crippen LogP contribution in [0, 0.1) is 0 Å². The summed E-state index contributed by atoms with van der Waals surface area (Å²) in [5.41, 5.74) is 0. The molecule has 0 aliphatic carbocycles. The van der Waals surface area contributed by atoms with Crippen LogP contribution in [0.4, 0.5) is 0 Å². The number of piperidine rings is 1. The first kappa shape index (κ1) is 17.0. The maximum Gasteiger partial charge on any atom is 0.00670 e. The highest BCUT2D eigenvalue weighted by molar-refractivity contribution is 4.71. The number of unbranched alkanes of at least 4 members (excludes halogenated alkanes) is 10. The maximum absolute atomic E-state index is 3.65. The van der Waals surface area contributed by atoms with Gasteiger partial charge < -0.3 is 5.32 Å². The molecule has 114 valence electrons. The fraction of sp³-hybridized carbons (Fsp3) is 1.00. The zero-order valence-electron chi connectivity index (χ0n) is 13.4. The predicted octanol–water partition coefficient (Wildman–Crippen LogP) is 5.83. The van der Waals surface area contributed by atoms with Crippen LogP contribution in [-0.4, -0.2) is 12.6 Å². The van der Waals surface area contributed by atoms with E-state index in [0.717, 1.165) is 6.04 Å². The van der Waals surface area contributed by atoms with E-state index in [1.54, 1.807) is 0 Å². The first-order valence-corrected chi connectivity index (χ1v) is 9.17. The largest absolute Gasteiger partial charge is 0.314 e. The molecule has 0 aromatic rings. The minimum absolute atomic E-state index is 0.854. The molecule has 1 rings (SSSR count). The molecule has 1 fully saturated rings. The Hall–Kier alpha value is -0.0400. The minimum Gasteiger partial charge on any atom is -0.314 e. The molecular weight excluding hydrogens is 230 g/mol. The Balaban J connectivity index is 1.71. The second-order valence-electron chi connectivity index (χ2n) is 6.47. The second kappa shape index (κ2) is 13.0. The van der Waals surface area contributed by atoms with Crippen LogP contribution in [-0.2, 0) is 0 Å². The highest BCUT2D eigenvalue weighted by atomic mass is 14.9. The molecule has 0 unspecified atom stereocenters. The molecule has 0 aromatic carbocycles. The van der Waals surface area contributed by atoms with Crippen LogP contribution < -0.4 is 5.32 Å². The van der Waals surface area contributed by atoms with Crippen molar-refractivity contribution in [3.05, 3.63) is 0 Å². The number of rotatable bonds is 12. The van der Waals surface area contributed by atoms with Gasteiger partial charge in [-0.25, -0.2) is 0 Å². The summed E-state index contributed by atoms with van der Waals surface area (Å²) >= 11 is 0. The Morgan fingerprint density at radius 3 is 1.84 bits per heavy atom. The Kier molecular flexibility index (Phi) is 11.6. The lowest BCUT2D eigenvalue weighted by atomic mass is 9.98. The third-order valence-corrected chi connectivity index (χ3v) is 4.57. The predicted molar refractivity (Wildman–Crippen MR) is 86.7 cm³/mol. The average Bonchev–Trinajstić information content (AvgIpc) is 2.46. The number of hydrogen-bond donors (Lipinski definition) is 1. The van der Waals surface area contributed by atoms with Gasteiger partial charge in [-0.05, 0) is 25.8 Å². The summed E-state index contributed by atoms with van der Waals surface area (Å²) in [6.07, 6.45) is 21.8. The highest BCUT2D eigenvalue weighted by Gasteiger charge is 2.11. The van der Waals surface area contributed by atoms with Crippen LogP contribution in [0.1, 0.15) is 103 Å². The van der Waals surface area contributed by atoms with Crippen molar-refractivity contribution in [2.45, 2.75) is 109 Å². The molecule has 0 radical (unpaired) electrons. The van der Waals surface area contributed by atoms with Gasteiger partial charge in [-0.15, -0.1) is 0 Å². The van der Waals surface area contributed by atoms with Gasteiger partial charge >= 0.3 is 0 Å². The van der Waals surface area contributed by atoms with Crippen LogP contribution in [0.5, 0.6) is 0 Å². The normalized spacial score (nSPS) is 19.7. The zero-order chi connectivity index (χ0) is 13.6. The van der Waals surface area contributed by atoms with Crippen molar-refractivity contribution in [1.82, 2.24) is 5.32 Å². The van der Waals surface area contributed by atoms with E-state index in [1.165, 1.54) is 103 Å². The monoisotopic (exact) mass is 267 g/mol. The van der Waals surface area contributed by atoms with Gasteiger partial charge in [-0.2, -0.15) is 0 Å². The lowest BCUT2D eigenvalue weighted by Crippen LogP contribution is -2.33. The molecular formula is C18H37N. The van der Waals surface area contributed by atoms with Crippen molar-refractivity contribution < 1.29 is 0 Å². The topological polar surface area (TPSA) is 12.0 Å². The molecule has 1 heteroatoms. The lowest BCUT2D eigenvalue weighted by molar-refractivity contribution is 0.370. The molecule has 1 aliphatic rings. The van der Waals surface area contributed by atoms with E-state index in [0.29, 0.717) is 0 Å². The maximum atomic E-state index is 3.65. The Labute approximate surface area is 121 Å². The Morgan fingerprint density at radius 1 is 0.737 bits per heavy atom. The van der Waals surface area contributed by atoms with Crippen LogP contribution >= 0.6 is 0 Å². The van der Waals surface area contributed by atoms with Crippen LogP contribution in [0.3, 0.4) is 0 Å². The van der Waals surface area contributed by atoms with Crippen LogP contribution in [0.25, 0.3) is 0 Å². The summed E-state index contributed by atoms with van der Waals surface area (Å²) < 4.78 is 0. The molecule has 19 heavy (non-hydrogen) atoms. The smallest absolute Gasteiger partial charge is 0.00670 e. The van der Waals surface area contributed by atoms with Gasteiger partial charge in [-0.1, -0.05) is 84.0 Å². The number of nitrogens with one attached hydrogen (secondary N) is 1. The summed E-state index contributed by atoms with van der Waals surface area (Å²) in [5, 5.41) is 3.65. The van der Waals surface area contributed by atoms with Crippen molar-refractivity contribution in [3.8, 4) is 0 Å². The first-order chi connectivity index (χ1) is 9.43. The summed E-state index contributed by atoms with van der Waals surface area (Å²) in [6, 6.07) is 0.854. The molecule has 1 saturated heterocycles. The molecule has 1 nitrogen and oxygen atoms in total. The average molecular weight is 268 g/mol. The highest BCUT2D eigenvalue weighted by Crippen LogP contribution is 2.15. The fourth-order valence-electron chi connectivity index (χ4n) is 3.23. The summed E-state index contributed by atoms with van der Waals surface area (Å²) in [7, 11) is 0. The molecule has 0 bridgehead atoms. The van der Waals surface area contributed by atoms with Gasteiger partial charge in [0.15, 0.2) is 0 Å². The quantitative estimate of drug-likeness (QED) is 0.439. The van der Waals surface area contributed by atoms with Gasteiger partial charge in [0.1, 0.15) is 0 Å². The molecule has 0 saturated carbocycles. The van der Waals surface area contributed by atoms with Crippen LogP contribution in [0.2, 0.25) is 0 Å². The van der Waals surface area contributed by atoms with E-state index in [4.69, 9.17) is 0 Å². The van der Waals surface area contributed by atoms with E-state index >= 15 is 0 Å². The molecule has 1 heterocycles. The molecule has 1 N–H and O–H groups in total. The van der Waals surface area contributed by atoms with Crippen molar-refractivity contribution >= 4 is 0 Å². The molecule has 0 aromatic heterocycles. The van der Waals surface area contributed by atoms with Gasteiger partial charge in [0.2, 0.25) is 0 Å². The summed E-state index contributed by atoms with van der Waals surface area (Å²) in [5.74, 6) is 0. The molecule has 1 aliphatic heterocycles. The van der Waals surface area contributed by atoms with Crippen molar-refractivity contribution in [3.63, 3.8) is 0 Å². The molecule has 1 atom stereocenters. The van der Waals surface area contributed by atoms with E-state index < -0.39 is 0 Å². The van der Waals surface area contributed by atoms with E-state index in [9.17, 15) is 0 Å². The third kappa shape index (κ3) is 10.4. The SMILES string of the molecule is CCCCCCCCCCCCC[C@@H]1CCCCN1. The van der Waals surface area contributed by atoms with Gasteiger partial charge in [0, 0.05) is 6.04 Å². The van der Waals surface area contributed by atoms with E-state index in [2.05, 4.69) is 12.2 Å². The Bertz CT molecular complexity index is 173. The van der Waals surface area contributed by atoms with Gasteiger partial charge in [0.25, 0.3) is 0 Å².